The van der Waals surface area contributed by atoms with E-state index < -0.39 is 33.5 Å². The topological polar surface area (TPSA) is 97.4 Å². The van der Waals surface area contributed by atoms with E-state index in [2.05, 4.69) is 5.32 Å². The van der Waals surface area contributed by atoms with Crippen LogP contribution in [0.25, 0.3) is 0 Å². The van der Waals surface area contributed by atoms with E-state index in [1.807, 2.05) is 0 Å². The third kappa shape index (κ3) is 2.15. The van der Waals surface area contributed by atoms with Gasteiger partial charge in [0.1, 0.15) is 0 Å². The lowest BCUT2D eigenvalue weighted by atomic mass is 9.66. The molecule has 0 saturated carbocycles. The van der Waals surface area contributed by atoms with Crippen molar-refractivity contribution in [2.75, 3.05) is 5.75 Å². The molecule has 0 bridgehead atoms. The fourth-order valence-electron chi connectivity index (χ4n) is 3.95. The minimum absolute atomic E-state index is 0.0121. The molecule has 6 nitrogen and oxygen atoms in total. The molecule has 1 aliphatic heterocycles. The van der Waals surface area contributed by atoms with Crippen molar-refractivity contribution in [3.05, 3.63) is 22.3 Å². The van der Waals surface area contributed by atoms with Gasteiger partial charge in [0.2, 0.25) is 5.91 Å². The second kappa shape index (κ2) is 4.87. The average molecular weight is 323 g/mol. The molecule has 2 aliphatic carbocycles. The number of hydrogen-bond acceptors (Lipinski definition) is 5. The molecular weight excluding hydrogens is 306 g/mol. The third-order valence-corrected chi connectivity index (χ3v) is 6.81. The third-order valence-electron chi connectivity index (χ3n) is 4.71. The minimum Gasteiger partial charge on any atom is -0.323 e. The van der Waals surface area contributed by atoms with Gasteiger partial charge in [0, 0.05) is 35.7 Å². The quantitative estimate of drug-likeness (QED) is 0.758. The lowest BCUT2D eigenvalue weighted by Crippen LogP contribution is -2.45. The number of ketones is 2. The van der Waals surface area contributed by atoms with Crippen LogP contribution >= 0.6 is 0 Å². The summed E-state index contributed by atoms with van der Waals surface area (Å²) >= 11 is 0. The lowest BCUT2D eigenvalue weighted by molar-refractivity contribution is -0.132. The van der Waals surface area contributed by atoms with E-state index in [1.165, 1.54) is 13.0 Å². The van der Waals surface area contributed by atoms with Gasteiger partial charge >= 0.3 is 0 Å². The highest BCUT2D eigenvalue weighted by Gasteiger charge is 2.52. The largest absolute Gasteiger partial charge is 0.323 e. The van der Waals surface area contributed by atoms with Gasteiger partial charge in [-0.15, -0.1) is 0 Å². The molecule has 3 unspecified atom stereocenters. The monoisotopic (exact) mass is 323 g/mol. The number of sulfone groups is 1. The van der Waals surface area contributed by atoms with Gasteiger partial charge in [0.15, 0.2) is 21.4 Å². The molecule has 7 heteroatoms. The van der Waals surface area contributed by atoms with Gasteiger partial charge in [-0.3, -0.25) is 14.4 Å². The van der Waals surface area contributed by atoms with Crippen LogP contribution in [0.15, 0.2) is 22.3 Å². The summed E-state index contributed by atoms with van der Waals surface area (Å²) in [5, 5.41) is 2.39. The zero-order valence-electron chi connectivity index (χ0n) is 12.4. The number of hydrogen-bond donors (Lipinski definition) is 1. The predicted molar refractivity (Wildman–Crippen MR) is 78.1 cm³/mol. The van der Waals surface area contributed by atoms with Crippen molar-refractivity contribution in [1.29, 1.82) is 0 Å². The number of carbonyl (C=O) groups excluding carboxylic acids is 3. The first kappa shape index (κ1) is 15.1. The van der Waals surface area contributed by atoms with Gasteiger partial charge in [-0.2, -0.15) is 0 Å². The minimum atomic E-state index is -3.32. The van der Waals surface area contributed by atoms with Crippen LogP contribution in [0, 0.1) is 17.8 Å². The molecule has 1 heterocycles. The van der Waals surface area contributed by atoms with Gasteiger partial charge in [-0.1, -0.05) is 5.57 Å². The summed E-state index contributed by atoms with van der Waals surface area (Å²) < 4.78 is 24.4. The number of Topliss-reactive ketones (excluding diaryl/α,β-unsaturated/α-hetero) is 1. The normalized spacial score (nSPS) is 33.2. The zero-order valence-corrected chi connectivity index (χ0v) is 13.2. The molecular formula is C15H17NO5S. The maximum atomic E-state index is 12.6. The van der Waals surface area contributed by atoms with Crippen molar-refractivity contribution in [1.82, 2.24) is 5.32 Å². The molecule has 118 valence electrons. The molecule has 22 heavy (non-hydrogen) atoms. The zero-order chi connectivity index (χ0) is 16.2. The Balaban J connectivity index is 2.06. The highest BCUT2D eigenvalue weighted by Crippen LogP contribution is 2.49. The molecule has 1 amide bonds. The number of carbonyl (C=O) groups is 3. The molecule has 0 aromatic rings. The highest BCUT2D eigenvalue weighted by atomic mass is 32.2. The first-order chi connectivity index (χ1) is 10.2. The SMILES string of the molecule is CC(=O)NC1=CC(=O)C2CC(C)=C3C(CCS3(=O)=O)C2C1=O. The maximum Gasteiger partial charge on any atom is 0.221 e. The van der Waals surface area contributed by atoms with Crippen molar-refractivity contribution < 1.29 is 22.8 Å². The van der Waals surface area contributed by atoms with Gasteiger partial charge in [-0.05, 0) is 19.8 Å². The number of nitrogens with one attached hydrogen (secondary N) is 1. The van der Waals surface area contributed by atoms with E-state index in [0.717, 1.165) is 0 Å². The summed E-state index contributed by atoms with van der Waals surface area (Å²) in [6, 6.07) is 0. The van der Waals surface area contributed by atoms with Crippen molar-refractivity contribution in [2.24, 2.45) is 17.8 Å². The van der Waals surface area contributed by atoms with Gasteiger partial charge in [0.05, 0.1) is 11.4 Å². The predicted octanol–water partition coefficient (Wildman–Crippen LogP) is 0.503. The fraction of sp³-hybridized carbons (Fsp3) is 0.533. The lowest BCUT2D eigenvalue weighted by Gasteiger charge is -2.37. The summed E-state index contributed by atoms with van der Waals surface area (Å²) in [4.78, 5) is 36.5. The number of fused-ring (bicyclic) bond motifs is 3. The van der Waals surface area contributed by atoms with Crippen LogP contribution in [0.3, 0.4) is 0 Å². The van der Waals surface area contributed by atoms with Crippen LogP contribution in [0.2, 0.25) is 0 Å². The summed E-state index contributed by atoms with van der Waals surface area (Å²) in [7, 11) is -3.32. The van der Waals surface area contributed by atoms with Crippen molar-refractivity contribution in [3.8, 4) is 0 Å². The molecule has 0 aromatic heterocycles. The smallest absolute Gasteiger partial charge is 0.221 e. The summed E-state index contributed by atoms with van der Waals surface area (Å²) in [5.41, 5.74) is 0.684. The Morgan fingerprint density at radius 1 is 1.27 bits per heavy atom. The molecule has 0 spiro atoms. The number of rotatable bonds is 1. The molecule has 0 aromatic carbocycles. The van der Waals surface area contributed by atoms with Crippen LogP contribution in [0.5, 0.6) is 0 Å². The van der Waals surface area contributed by atoms with Crippen molar-refractivity contribution >= 4 is 27.3 Å². The van der Waals surface area contributed by atoms with E-state index in [4.69, 9.17) is 0 Å². The first-order valence-corrected chi connectivity index (χ1v) is 8.87. The number of amides is 1. The molecule has 1 N–H and O–H groups in total. The molecule has 1 saturated heterocycles. The molecule has 1 fully saturated rings. The second-order valence-electron chi connectivity index (χ2n) is 6.20. The Labute approximate surface area is 128 Å². The van der Waals surface area contributed by atoms with E-state index >= 15 is 0 Å². The Morgan fingerprint density at radius 2 is 1.95 bits per heavy atom. The van der Waals surface area contributed by atoms with Crippen LogP contribution in [0.1, 0.15) is 26.7 Å². The van der Waals surface area contributed by atoms with Crippen LogP contribution in [-0.4, -0.2) is 31.6 Å². The Bertz CT molecular complexity index is 759. The van der Waals surface area contributed by atoms with Gasteiger partial charge in [-0.25, -0.2) is 8.42 Å². The summed E-state index contributed by atoms with van der Waals surface area (Å²) in [6.45, 7) is 2.99. The molecule has 3 atom stereocenters. The van der Waals surface area contributed by atoms with Crippen molar-refractivity contribution in [2.45, 2.75) is 26.7 Å². The highest BCUT2D eigenvalue weighted by molar-refractivity contribution is 7.95. The van der Waals surface area contributed by atoms with Crippen molar-refractivity contribution in [3.63, 3.8) is 0 Å². The van der Waals surface area contributed by atoms with Gasteiger partial charge in [0.25, 0.3) is 0 Å². The van der Waals surface area contributed by atoms with Crippen LogP contribution in [0.4, 0.5) is 0 Å². The Kier molecular flexibility index (Phi) is 3.36. The Hall–Kier alpha value is -1.76. The summed E-state index contributed by atoms with van der Waals surface area (Å²) in [5.74, 6) is -2.55. The maximum absolute atomic E-state index is 12.6. The van der Waals surface area contributed by atoms with E-state index in [1.54, 1.807) is 6.92 Å². The molecule has 0 radical (unpaired) electrons. The van der Waals surface area contributed by atoms with Crippen LogP contribution < -0.4 is 5.32 Å². The van der Waals surface area contributed by atoms with E-state index in [9.17, 15) is 22.8 Å². The second-order valence-corrected chi connectivity index (χ2v) is 8.28. The van der Waals surface area contributed by atoms with Crippen LogP contribution in [-0.2, 0) is 24.2 Å². The molecule has 3 aliphatic rings. The molecule has 3 rings (SSSR count). The fourth-order valence-corrected chi connectivity index (χ4v) is 6.07. The van der Waals surface area contributed by atoms with E-state index in [0.29, 0.717) is 23.3 Å². The average Bonchev–Trinajstić information content (AvgIpc) is 2.72. The first-order valence-electron chi connectivity index (χ1n) is 7.22. The Morgan fingerprint density at radius 3 is 2.59 bits per heavy atom. The summed E-state index contributed by atoms with van der Waals surface area (Å²) in [6.07, 6.45) is 1.85. The van der Waals surface area contributed by atoms with E-state index in [-0.39, 0.29) is 23.0 Å². The number of allylic oxidation sites excluding steroid dienone is 4. The standard InChI is InChI=1S/C15H17NO5S/c1-7-5-10-12(18)6-11(16-8(2)17)14(19)13(10)9-3-4-22(20,21)15(7)9/h6,9-10,13H,3-5H2,1-2H3,(H,16,17). The van der Waals surface area contributed by atoms with Gasteiger partial charge < -0.3 is 5.32 Å².